The van der Waals surface area contributed by atoms with Gasteiger partial charge in [0.25, 0.3) is 5.91 Å². The first-order chi connectivity index (χ1) is 13.5. The van der Waals surface area contributed by atoms with E-state index in [9.17, 15) is 4.79 Å². The maximum atomic E-state index is 12.7. The van der Waals surface area contributed by atoms with Crippen LogP contribution >= 0.6 is 11.6 Å². The Morgan fingerprint density at radius 1 is 1.04 bits per heavy atom. The topological polar surface area (TPSA) is 72.5 Å². The van der Waals surface area contributed by atoms with Gasteiger partial charge in [0.1, 0.15) is 17.2 Å². The predicted molar refractivity (Wildman–Crippen MR) is 111 cm³/mol. The zero-order valence-electron chi connectivity index (χ0n) is 15.7. The van der Waals surface area contributed by atoms with Gasteiger partial charge in [0, 0.05) is 34.7 Å². The molecule has 0 aliphatic rings. The summed E-state index contributed by atoms with van der Waals surface area (Å²) in [6.45, 7) is 1.86. The van der Waals surface area contributed by atoms with E-state index in [-0.39, 0.29) is 11.6 Å². The van der Waals surface area contributed by atoms with E-state index in [2.05, 4.69) is 15.6 Å². The van der Waals surface area contributed by atoms with Crippen molar-refractivity contribution in [3.8, 4) is 11.5 Å². The van der Waals surface area contributed by atoms with Gasteiger partial charge in [0.05, 0.1) is 19.9 Å². The van der Waals surface area contributed by atoms with E-state index in [4.69, 9.17) is 21.1 Å². The van der Waals surface area contributed by atoms with Crippen molar-refractivity contribution in [1.82, 2.24) is 4.98 Å². The first-order valence-corrected chi connectivity index (χ1v) is 8.90. The number of nitrogens with one attached hydrogen (secondary N) is 2. The average molecular weight is 398 g/mol. The number of nitrogens with zero attached hydrogens (tertiary/aromatic N) is 1. The molecule has 0 unspecified atom stereocenters. The number of halogens is 1. The molecule has 0 saturated heterocycles. The van der Waals surface area contributed by atoms with E-state index in [1.54, 1.807) is 37.6 Å². The van der Waals surface area contributed by atoms with Gasteiger partial charge >= 0.3 is 0 Å². The number of methoxy groups -OCH3 is 2. The Labute approximate surface area is 168 Å². The van der Waals surface area contributed by atoms with Crippen LogP contribution in [0, 0.1) is 6.92 Å². The lowest BCUT2D eigenvalue weighted by Crippen LogP contribution is -2.14. The molecule has 0 bridgehead atoms. The van der Waals surface area contributed by atoms with Crippen molar-refractivity contribution >= 4 is 34.6 Å². The van der Waals surface area contributed by atoms with E-state index in [0.29, 0.717) is 16.5 Å². The summed E-state index contributed by atoms with van der Waals surface area (Å²) in [4.78, 5) is 16.8. The SMILES string of the molecule is COc1cccc(Nc2ccnc(C(=O)Nc3cc(C)c(Cl)cc3OC)c2)c1. The van der Waals surface area contributed by atoms with Crippen molar-refractivity contribution in [2.24, 2.45) is 0 Å². The van der Waals surface area contributed by atoms with Gasteiger partial charge in [-0.05, 0) is 42.8 Å². The summed E-state index contributed by atoms with van der Waals surface area (Å²) >= 11 is 6.12. The summed E-state index contributed by atoms with van der Waals surface area (Å²) in [5.74, 6) is 0.867. The van der Waals surface area contributed by atoms with Gasteiger partial charge in [-0.2, -0.15) is 0 Å². The molecule has 0 saturated carbocycles. The quantitative estimate of drug-likeness (QED) is 0.608. The zero-order valence-corrected chi connectivity index (χ0v) is 16.5. The Balaban J connectivity index is 1.80. The molecule has 2 N–H and O–H groups in total. The molecular weight excluding hydrogens is 378 g/mol. The smallest absolute Gasteiger partial charge is 0.274 e. The number of rotatable bonds is 6. The summed E-state index contributed by atoms with van der Waals surface area (Å²) in [5, 5.41) is 6.62. The molecule has 0 aliphatic heterocycles. The van der Waals surface area contributed by atoms with E-state index >= 15 is 0 Å². The normalized spacial score (nSPS) is 10.3. The van der Waals surface area contributed by atoms with Crippen LogP contribution in [0.2, 0.25) is 5.02 Å². The number of benzene rings is 2. The van der Waals surface area contributed by atoms with Crippen molar-refractivity contribution in [3.05, 3.63) is 71.0 Å². The maximum absolute atomic E-state index is 12.7. The average Bonchev–Trinajstić information content (AvgIpc) is 2.70. The lowest BCUT2D eigenvalue weighted by atomic mass is 10.2. The molecule has 0 atom stereocenters. The lowest BCUT2D eigenvalue weighted by molar-refractivity contribution is 0.102. The highest BCUT2D eigenvalue weighted by molar-refractivity contribution is 6.31. The molecule has 6 nitrogen and oxygen atoms in total. The Kier molecular flexibility index (Phi) is 6.01. The summed E-state index contributed by atoms with van der Waals surface area (Å²) in [7, 11) is 3.13. The van der Waals surface area contributed by atoms with Gasteiger partial charge < -0.3 is 20.1 Å². The first-order valence-electron chi connectivity index (χ1n) is 8.53. The molecule has 2 aromatic carbocycles. The molecule has 144 valence electrons. The van der Waals surface area contributed by atoms with E-state index < -0.39 is 0 Å². The third-order valence-corrected chi connectivity index (χ3v) is 4.49. The Bertz CT molecular complexity index is 1010. The van der Waals surface area contributed by atoms with Crippen molar-refractivity contribution < 1.29 is 14.3 Å². The van der Waals surface area contributed by atoms with Crippen LogP contribution in [0.15, 0.2) is 54.7 Å². The van der Waals surface area contributed by atoms with Crippen LogP contribution in [-0.4, -0.2) is 25.1 Å². The number of amides is 1. The van der Waals surface area contributed by atoms with Gasteiger partial charge in [-0.1, -0.05) is 17.7 Å². The van der Waals surface area contributed by atoms with Crippen LogP contribution in [0.1, 0.15) is 16.1 Å². The maximum Gasteiger partial charge on any atom is 0.274 e. The second kappa shape index (κ2) is 8.63. The predicted octanol–water partition coefficient (Wildman–Crippen LogP) is 5.06. The van der Waals surface area contributed by atoms with Gasteiger partial charge in [0.2, 0.25) is 0 Å². The number of aryl methyl sites for hydroxylation is 1. The number of aromatic nitrogens is 1. The molecule has 1 aromatic heterocycles. The number of carbonyl (C=O) groups is 1. The Morgan fingerprint density at radius 3 is 2.57 bits per heavy atom. The number of carbonyl (C=O) groups excluding carboxylic acids is 1. The minimum atomic E-state index is -0.352. The number of ether oxygens (including phenoxy) is 2. The molecular formula is C21H20ClN3O3. The van der Waals surface area contributed by atoms with E-state index in [0.717, 1.165) is 22.7 Å². The highest BCUT2D eigenvalue weighted by Crippen LogP contribution is 2.31. The monoisotopic (exact) mass is 397 g/mol. The van der Waals surface area contributed by atoms with Crippen LogP contribution in [0.4, 0.5) is 17.1 Å². The van der Waals surface area contributed by atoms with Crippen LogP contribution in [0.5, 0.6) is 11.5 Å². The first kappa shape index (κ1) is 19.5. The third-order valence-electron chi connectivity index (χ3n) is 4.08. The molecule has 0 spiro atoms. The van der Waals surface area contributed by atoms with Crippen molar-refractivity contribution in [1.29, 1.82) is 0 Å². The molecule has 1 amide bonds. The number of anilines is 3. The Hall–Kier alpha value is -3.25. The van der Waals surface area contributed by atoms with Crippen LogP contribution < -0.4 is 20.1 Å². The standard InChI is InChI=1S/C21H20ClN3O3/c1-13-9-18(20(28-3)12-17(13)22)25-21(26)19-11-15(7-8-23-19)24-14-5-4-6-16(10-14)27-2/h4-12H,1-3H3,(H,23,24)(H,25,26). The molecule has 7 heteroatoms. The highest BCUT2D eigenvalue weighted by atomic mass is 35.5. The molecule has 28 heavy (non-hydrogen) atoms. The summed E-state index contributed by atoms with van der Waals surface area (Å²) < 4.78 is 10.5. The van der Waals surface area contributed by atoms with Crippen molar-refractivity contribution in [2.45, 2.75) is 6.92 Å². The highest BCUT2D eigenvalue weighted by Gasteiger charge is 2.13. The van der Waals surface area contributed by atoms with Crippen LogP contribution in [-0.2, 0) is 0 Å². The van der Waals surface area contributed by atoms with E-state index in [1.165, 1.54) is 7.11 Å². The van der Waals surface area contributed by atoms with Crippen molar-refractivity contribution in [2.75, 3.05) is 24.9 Å². The molecule has 1 heterocycles. The third kappa shape index (κ3) is 4.53. The zero-order chi connectivity index (χ0) is 20.1. The second-order valence-electron chi connectivity index (χ2n) is 6.04. The second-order valence-corrected chi connectivity index (χ2v) is 6.45. The molecule has 0 radical (unpaired) electrons. The molecule has 3 rings (SSSR count). The van der Waals surface area contributed by atoms with Gasteiger partial charge in [-0.15, -0.1) is 0 Å². The summed E-state index contributed by atoms with van der Waals surface area (Å²) in [6.07, 6.45) is 1.57. The fraction of sp³-hybridized carbons (Fsp3) is 0.143. The molecule has 0 fully saturated rings. The fourth-order valence-corrected chi connectivity index (χ4v) is 2.77. The Morgan fingerprint density at radius 2 is 1.82 bits per heavy atom. The van der Waals surface area contributed by atoms with Crippen LogP contribution in [0.25, 0.3) is 0 Å². The minimum absolute atomic E-state index is 0.266. The summed E-state index contributed by atoms with van der Waals surface area (Å²) in [6, 6.07) is 14.4. The van der Waals surface area contributed by atoms with Gasteiger partial charge in [0.15, 0.2) is 0 Å². The van der Waals surface area contributed by atoms with Crippen molar-refractivity contribution in [3.63, 3.8) is 0 Å². The minimum Gasteiger partial charge on any atom is -0.497 e. The largest absolute Gasteiger partial charge is 0.497 e. The number of hydrogen-bond donors (Lipinski definition) is 2. The van der Waals surface area contributed by atoms with E-state index in [1.807, 2.05) is 31.2 Å². The molecule has 3 aromatic rings. The lowest BCUT2D eigenvalue weighted by Gasteiger charge is -2.13. The fourth-order valence-electron chi connectivity index (χ4n) is 2.62. The van der Waals surface area contributed by atoms with Gasteiger partial charge in [-0.3, -0.25) is 9.78 Å². The summed E-state index contributed by atoms with van der Waals surface area (Å²) in [5.41, 5.74) is 3.20. The number of pyridine rings is 1. The van der Waals surface area contributed by atoms with Gasteiger partial charge in [-0.25, -0.2) is 0 Å². The molecule has 0 aliphatic carbocycles. The number of hydrogen-bond acceptors (Lipinski definition) is 5. The van der Waals surface area contributed by atoms with Crippen LogP contribution in [0.3, 0.4) is 0 Å².